The van der Waals surface area contributed by atoms with Gasteiger partial charge in [-0.05, 0) is 12.8 Å². The number of carbonyl (C=O) groups is 2. The van der Waals surface area contributed by atoms with Crippen LogP contribution >= 0.6 is 0 Å². The Balaban J connectivity index is 2.62. The highest BCUT2D eigenvalue weighted by Gasteiger charge is 2.36. The van der Waals surface area contributed by atoms with Crippen LogP contribution in [-0.2, 0) is 24.2 Å². The molecule has 8 heteroatoms. The Hall–Kier alpha value is -1.15. The number of methoxy groups -OCH3 is 1. The van der Waals surface area contributed by atoms with Crippen molar-refractivity contribution in [2.24, 2.45) is 0 Å². The van der Waals surface area contributed by atoms with Crippen molar-refractivity contribution in [3.8, 4) is 0 Å². The Bertz CT molecular complexity index is 478. The van der Waals surface area contributed by atoms with Crippen molar-refractivity contribution in [3.63, 3.8) is 0 Å². The quantitative estimate of drug-likeness (QED) is 0.496. The number of hydrogen-bond donors (Lipinski definition) is 1. The number of nitrogens with zero attached hydrogens (tertiary/aromatic N) is 1. The summed E-state index contributed by atoms with van der Waals surface area (Å²) >= 11 is 0. The van der Waals surface area contributed by atoms with E-state index in [1.165, 1.54) is 12.0 Å². The third kappa shape index (κ3) is 5.92. The molecule has 1 unspecified atom stereocenters. The van der Waals surface area contributed by atoms with Crippen LogP contribution in [0, 0.1) is 0 Å². The lowest BCUT2D eigenvalue weighted by Gasteiger charge is -2.27. The van der Waals surface area contributed by atoms with Crippen LogP contribution in [0.15, 0.2) is 0 Å². The molecule has 1 rings (SSSR count). The first-order valence-corrected chi connectivity index (χ1v) is 9.51. The summed E-state index contributed by atoms with van der Waals surface area (Å²) < 4.78 is 28.1. The van der Waals surface area contributed by atoms with Crippen LogP contribution in [-0.4, -0.2) is 69.5 Å². The van der Waals surface area contributed by atoms with Gasteiger partial charge in [0, 0.05) is 26.2 Å². The van der Waals surface area contributed by atoms with Crippen LogP contribution in [0.5, 0.6) is 0 Å². The van der Waals surface area contributed by atoms with Crippen molar-refractivity contribution in [2.45, 2.75) is 38.6 Å². The van der Waals surface area contributed by atoms with Gasteiger partial charge in [0.05, 0.1) is 18.1 Å². The summed E-state index contributed by atoms with van der Waals surface area (Å²) in [4.78, 5) is 25.5. The SMILES string of the molecule is CCCCCNC(=O)C(=O)N(CCOC)C1CCS(=O)(=O)C1. The van der Waals surface area contributed by atoms with E-state index in [0.717, 1.165) is 19.3 Å². The van der Waals surface area contributed by atoms with Gasteiger partial charge >= 0.3 is 11.8 Å². The van der Waals surface area contributed by atoms with Gasteiger partial charge in [-0.3, -0.25) is 9.59 Å². The number of amides is 2. The van der Waals surface area contributed by atoms with Crippen LogP contribution in [0.3, 0.4) is 0 Å². The number of sulfone groups is 1. The molecular formula is C14H26N2O5S. The number of hydrogen-bond acceptors (Lipinski definition) is 5. The molecule has 0 aromatic heterocycles. The predicted octanol–water partition coefficient (Wildman–Crippen LogP) is -0.0451. The van der Waals surface area contributed by atoms with Crippen molar-refractivity contribution >= 4 is 21.7 Å². The van der Waals surface area contributed by atoms with Crippen LogP contribution in [0.2, 0.25) is 0 Å². The molecule has 0 spiro atoms. The zero-order valence-corrected chi connectivity index (χ0v) is 14.2. The van der Waals surface area contributed by atoms with E-state index in [9.17, 15) is 18.0 Å². The van der Waals surface area contributed by atoms with E-state index in [-0.39, 0.29) is 24.7 Å². The topological polar surface area (TPSA) is 92.8 Å². The van der Waals surface area contributed by atoms with Crippen molar-refractivity contribution in [3.05, 3.63) is 0 Å². The van der Waals surface area contributed by atoms with Gasteiger partial charge in [-0.2, -0.15) is 0 Å². The zero-order valence-electron chi connectivity index (χ0n) is 13.3. The Kier molecular flexibility index (Phi) is 7.81. The first-order chi connectivity index (χ1) is 10.4. The van der Waals surface area contributed by atoms with Crippen LogP contribution in [0.1, 0.15) is 32.6 Å². The number of nitrogens with one attached hydrogen (secondary N) is 1. The Morgan fingerprint density at radius 3 is 2.59 bits per heavy atom. The van der Waals surface area contributed by atoms with Crippen molar-refractivity contribution in [1.29, 1.82) is 0 Å². The van der Waals surface area contributed by atoms with Gasteiger partial charge in [0.25, 0.3) is 0 Å². The maximum absolute atomic E-state index is 12.3. The average molecular weight is 334 g/mol. The molecule has 1 fully saturated rings. The fraction of sp³-hybridized carbons (Fsp3) is 0.857. The van der Waals surface area contributed by atoms with Gasteiger partial charge in [0.1, 0.15) is 0 Å². The summed E-state index contributed by atoms with van der Waals surface area (Å²) in [5.41, 5.74) is 0. The summed E-state index contributed by atoms with van der Waals surface area (Å²) in [6, 6.07) is -0.436. The Morgan fingerprint density at radius 1 is 1.32 bits per heavy atom. The largest absolute Gasteiger partial charge is 0.383 e. The fourth-order valence-corrected chi connectivity index (χ4v) is 4.17. The second-order valence-corrected chi connectivity index (χ2v) is 7.74. The molecule has 128 valence electrons. The monoisotopic (exact) mass is 334 g/mol. The van der Waals surface area contributed by atoms with E-state index in [1.807, 2.05) is 0 Å². The molecule has 0 saturated carbocycles. The highest BCUT2D eigenvalue weighted by atomic mass is 32.2. The van der Waals surface area contributed by atoms with Crippen molar-refractivity contribution in [2.75, 3.05) is 38.3 Å². The molecule has 0 bridgehead atoms. The Morgan fingerprint density at radius 2 is 2.05 bits per heavy atom. The van der Waals surface area contributed by atoms with Crippen LogP contribution in [0.4, 0.5) is 0 Å². The van der Waals surface area contributed by atoms with Crippen molar-refractivity contribution < 1.29 is 22.7 Å². The standard InChI is InChI=1S/C14H26N2O5S/c1-3-4-5-7-15-13(17)14(18)16(8-9-21-2)12-6-10-22(19,20)11-12/h12H,3-11H2,1-2H3,(H,15,17). The van der Waals surface area contributed by atoms with Gasteiger partial charge in [0.2, 0.25) is 0 Å². The van der Waals surface area contributed by atoms with Gasteiger partial charge in [-0.15, -0.1) is 0 Å². The van der Waals surface area contributed by atoms with Crippen molar-refractivity contribution in [1.82, 2.24) is 10.2 Å². The molecule has 0 radical (unpaired) electrons. The van der Waals surface area contributed by atoms with E-state index < -0.39 is 27.7 Å². The average Bonchev–Trinajstić information content (AvgIpc) is 2.83. The summed E-state index contributed by atoms with van der Waals surface area (Å²) in [7, 11) is -1.62. The number of unbranched alkanes of at least 4 members (excludes halogenated alkanes) is 2. The second-order valence-electron chi connectivity index (χ2n) is 5.51. The lowest BCUT2D eigenvalue weighted by atomic mass is 10.2. The minimum atomic E-state index is -3.12. The van der Waals surface area contributed by atoms with E-state index in [4.69, 9.17) is 4.74 Å². The molecule has 0 aliphatic carbocycles. The summed E-state index contributed by atoms with van der Waals surface area (Å²) in [5, 5.41) is 2.60. The highest BCUT2D eigenvalue weighted by Crippen LogP contribution is 2.18. The molecule has 1 saturated heterocycles. The third-order valence-electron chi connectivity index (χ3n) is 3.71. The summed E-state index contributed by atoms with van der Waals surface area (Å²) in [6.45, 7) is 3.00. The lowest BCUT2D eigenvalue weighted by molar-refractivity contribution is -0.147. The van der Waals surface area contributed by atoms with Gasteiger partial charge in [0.15, 0.2) is 9.84 Å². The Labute approximate surface area is 132 Å². The normalized spacial score (nSPS) is 19.8. The third-order valence-corrected chi connectivity index (χ3v) is 5.46. The van der Waals surface area contributed by atoms with Gasteiger partial charge in [-0.1, -0.05) is 19.8 Å². The first-order valence-electron chi connectivity index (χ1n) is 7.69. The van der Waals surface area contributed by atoms with E-state index in [0.29, 0.717) is 13.0 Å². The smallest absolute Gasteiger partial charge is 0.312 e. The van der Waals surface area contributed by atoms with Crippen LogP contribution in [0.25, 0.3) is 0 Å². The minimum Gasteiger partial charge on any atom is -0.383 e. The van der Waals surface area contributed by atoms with Gasteiger partial charge < -0.3 is 15.0 Å². The lowest BCUT2D eigenvalue weighted by Crippen LogP contribution is -2.49. The molecule has 0 aromatic rings. The molecule has 7 nitrogen and oxygen atoms in total. The second kappa shape index (κ2) is 9.09. The molecule has 0 aromatic carbocycles. The molecular weight excluding hydrogens is 308 g/mol. The molecule has 1 aliphatic heterocycles. The number of carbonyl (C=O) groups excluding carboxylic acids is 2. The fourth-order valence-electron chi connectivity index (χ4n) is 2.44. The van der Waals surface area contributed by atoms with E-state index in [1.54, 1.807) is 0 Å². The highest BCUT2D eigenvalue weighted by molar-refractivity contribution is 7.91. The molecule has 1 aliphatic rings. The molecule has 2 amide bonds. The summed E-state index contributed by atoms with van der Waals surface area (Å²) in [5.74, 6) is -1.36. The molecule has 1 atom stereocenters. The zero-order chi connectivity index (χ0) is 16.6. The first kappa shape index (κ1) is 18.9. The van der Waals surface area contributed by atoms with Crippen LogP contribution < -0.4 is 5.32 Å². The molecule has 22 heavy (non-hydrogen) atoms. The van der Waals surface area contributed by atoms with E-state index >= 15 is 0 Å². The minimum absolute atomic E-state index is 0.0621. The predicted molar refractivity (Wildman–Crippen MR) is 83.2 cm³/mol. The van der Waals surface area contributed by atoms with E-state index in [2.05, 4.69) is 12.2 Å². The molecule has 1 heterocycles. The summed E-state index contributed by atoms with van der Waals surface area (Å²) in [6.07, 6.45) is 3.22. The number of ether oxygens (including phenoxy) is 1. The number of rotatable bonds is 8. The maximum Gasteiger partial charge on any atom is 0.312 e. The van der Waals surface area contributed by atoms with Gasteiger partial charge in [-0.25, -0.2) is 8.42 Å². The maximum atomic E-state index is 12.3. The molecule has 1 N–H and O–H groups in total.